The number of hydrogen-bond donors (Lipinski definition) is 1. The van der Waals surface area contributed by atoms with Crippen LogP contribution in [0.15, 0.2) is 0 Å². The Balaban J connectivity index is 2.30. The Bertz CT molecular complexity index is 76.8. The van der Waals surface area contributed by atoms with E-state index in [0.717, 1.165) is 0 Å². The smallest absolute Gasteiger partial charge is 0.119 e. The molecule has 0 spiro atoms. The highest BCUT2D eigenvalue weighted by Crippen LogP contribution is 2.11. The van der Waals surface area contributed by atoms with Crippen LogP contribution in [-0.2, 0) is 0 Å². The maximum absolute atomic E-state index is 12.4. The second-order valence-corrected chi connectivity index (χ2v) is 2.10. The molecule has 0 saturated carbocycles. The molecule has 0 aromatic heterocycles. The molecule has 1 aliphatic heterocycles. The molecule has 1 radical (unpaired) electrons. The Kier molecular flexibility index (Phi) is 1.81. The Morgan fingerprint density at radius 2 is 2.38 bits per heavy atom. The number of alkyl halides is 1. The molecule has 2 N–H and O–H groups in total. The molecule has 1 saturated heterocycles. The van der Waals surface area contributed by atoms with Crippen LogP contribution < -0.4 is 11.1 Å². The van der Waals surface area contributed by atoms with Crippen LogP contribution in [0.2, 0.25) is 0 Å². The molecule has 2 nitrogen and oxygen atoms in total. The van der Waals surface area contributed by atoms with Crippen molar-refractivity contribution >= 4 is 0 Å². The Morgan fingerprint density at radius 3 is 2.62 bits per heavy atom. The van der Waals surface area contributed by atoms with Gasteiger partial charge in [0.2, 0.25) is 0 Å². The van der Waals surface area contributed by atoms with Crippen molar-refractivity contribution in [1.29, 1.82) is 0 Å². The molecule has 3 heteroatoms. The summed E-state index contributed by atoms with van der Waals surface area (Å²) in [5.41, 5.74) is 5.22. The summed E-state index contributed by atoms with van der Waals surface area (Å²) < 4.78 is 12.4. The number of nitrogens with zero attached hydrogens (tertiary/aromatic N) is 1. The second-order valence-electron chi connectivity index (χ2n) is 2.10. The third-order valence-electron chi connectivity index (χ3n) is 1.48. The molecule has 2 unspecified atom stereocenters. The van der Waals surface area contributed by atoms with Crippen LogP contribution in [0.1, 0.15) is 0 Å². The summed E-state index contributed by atoms with van der Waals surface area (Å²) >= 11 is 0. The highest BCUT2D eigenvalue weighted by atomic mass is 19.1. The van der Waals surface area contributed by atoms with Crippen molar-refractivity contribution in [1.82, 2.24) is 5.32 Å². The summed E-state index contributed by atoms with van der Waals surface area (Å²) in [7, 11) is 0. The van der Waals surface area contributed by atoms with Gasteiger partial charge in [-0.1, -0.05) is 0 Å². The van der Waals surface area contributed by atoms with Gasteiger partial charge in [-0.2, -0.15) is 0 Å². The van der Waals surface area contributed by atoms with Gasteiger partial charge in [-0.3, -0.25) is 0 Å². The maximum atomic E-state index is 12.4. The van der Waals surface area contributed by atoms with E-state index in [0.29, 0.717) is 19.6 Å². The number of rotatable bonds is 1. The van der Waals surface area contributed by atoms with Crippen molar-refractivity contribution < 1.29 is 4.39 Å². The minimum absolute atomic E-state index is 0.00926. The quantitative estimate of drug-likeness (QED) is 0.495. The lowest BCUT2D eigenvalue weighted by molar-refractivity contribution is 0.288. The highest BCUT2D eigenvalue weighted by molar-refractivity contribution is 4.80. The summed E-state index contributed by atoms with van der Waals surface area (Å²) in [5.74, 6) is 0.00926. The molecular formula is C5H10FN2. The molecule has 1 heterocycles. The predicted molar refractivity (Wildman–Crippen MR) is 29.3 cm³/mol. The van der Waals surface area contributed by atoms with E-state index in [-0.39, 0.29) is 5.92 Å². The normalized spacial score (nSPS) is 38.2. The van der Waals surface area contributed by atoms with Gasteiger partial charge in [0.25, 0.3) is 0 Å². The lowest BCUT2D eigenvalue weighted by Gasteiger charge is -2.04. The Morgan fingerprint density at radius 1 is 1.62 bits per heavy atom. The van der Waals surface area contributed by atoms with Crippen molar-refractivity contribution in [3.8, 4) is 0 Å². The fourth-order valence-corrected chi connectivity index (χ4v) is 0.849. The van der Waals surface area contributed by atoms with E-state index in [4.69, 9.17) is 5.73 Å². The fourth-order valence-electron chi connectivity index (χ4n) is 0.849. The maximum Gasteiger partial charge on any atom is 0.119 e. The van der Waals surface area contributed by atoms with E-state index in [1.165, 1.54) is 0 Å². The van der Waals surface area contributed by atoms with Crippen LogP contribution in [0.25, 0.3) is 0 Å². The van der Waals surface area contributed by atoms with Crippen LogP contribution in [0, 0.1) is 5.92 Å². The number of nitrogens with two attached hydrogens (primary N) is 1. The van der Waals surface area contributed by atoms with E-state index in [1.807, 2.05) is 0 Å². The molecule has 2 atom stereocenters. The molecule has 0 aliphatic carbocycles. The first-order valence-corrected chi connectivity index (χ1v) is 2.82. The zero-order chi connectivity index (χ0) is 5.98. The first-order valence-electron chi connectivity index (χ1n) is 2.82. The van der Waals surface area contributed by atoms with E-state index >= 15 is 0 Å². The van der Waals surface area contributed by atoms with Gasteiger partial charge >= 0.3 is 0 Å². The third kappa shape index (κ3) is 0.980. The molecule has 47 valence electrons. The largest absolute Gasteiger partial charge is 0.330 e. The van der Waals surface area contributed by atoms with E-state index < -0.39 is 6.17 Å². The zero-order valence-electron chi connectivity index (χ0n) is 4.68. The summed E-state index contributed by atoms with van der Waals surface area (Å²) in [5, 5.41) is 3.86. The lowest BCUT2D eigenvalue weighted by atomic mass is 10.1. The molecule has 1 aliphatic rings. The number of hydrogen-bond acceptors (Lipinski definition) is 1. The van der Waals surface area contributed by atoms with Gasteiger partial charge in [0.1, 0.15) is 6.17 Å². The van der Waals surface area contributed by atoms with Gasteiger partial charge in [-0.05, 0) is 6.54 Å². The van der Waals surface area contributed by atoms with Gasteiger partial charge in [-0.25, -0.2) is 9.71 Å². The fraction of sp³-hybridized carbons (Fsp3) is 1.00. The standard InChI is InChI=1S/C5H10FN2/c6-5-3-8-2-4(5)1-7/h4-5H,1-3,7H2. The van der Waals surface area contributed by atoms with Gasteiger partial charge in [0.15, 0.2) is 0 Å². The average Bonchev–Trinajstić information content (AvgIpc) is 2.14. The molecule has 0 aromatic carbocycles. The minimum atomic E-state index is -0.764. The van der Waals surface area contributed by atoms with Crippen LogP contribution in [0.4, 0.5) is 4.39 Å². The summed E-state index contributed by atoms with van der Waals surface area (Å²) in [6, 6.07) is 0. The van der Waals surface area contributed by atoms with Crippen molar-refractivity contribution in [2.45, 2.75) is 6.17 Å². The molecule has 1 rings (SSSR count). The van der Waals surface area contributed by atoms with Gasteiger partial charge < -0.3 is 5.73 Å². The molecule has 0 amide bonds. The first-order chi connectivity index (χ1) is 3.84. The number of halogens is 1. The van der Waals surface area contributed by atoms with Crippen LogP contribution in [0.5, 0.6) is 0 Å². The predicted octanol–water partition coefficient (Wildman–Crippen LogP) is -0.483. The zero-order valence-corrected chi connectivity index (χ0v) is 4.68. The van der Waals surface area contributed by atoms with Gasteiger partial charge in [0, 0.05) is 19.0 Å². The Hall–Kier alpha value is -0.150. The van der Waals surface area contributed by atoms with Crippen LogP contribution in [0.3, 0.4) is 0 Å². The van der Waals surface area contributed by atoms with Crippen molar-refractivity contribution in [2.75, 3.05) is 19.6 Å². The van der Waals surface area contributed by atoms with Crippen LogP contribution in [-0.4, -0.2) is 25.8 Å². The molecular weight excluding hydrogens is 107 g/mol. The molecule has 8 heavy (non-hydrogen) atoms. The molecule has 1 fully saturated rings. The second kappa shape index (κ2) is 2.42. The lowest BCUT2D eigenvalue weighted by Crippen LogP contribution is -2.22. The average molecular weight is 117 g/mol. The molecule has 0 aromatic rings. The van der Waals surface area contributed by atoms with Gasteiger partial charge in [-0.15, -0.1) is 0 Å². The topological polar surface area (TPSA) is 40.1 Å². The molecule has 0 bridgehead atoms. The van der Waals surface area contributed by atoms with E-state index in [2.05, 4.69) is 5.32 Å². The van der Waals surface area contributed by atoms with Gasteiger partial charge in [0.05, 0.1) is 0 Å². The summed E-state index contributed by atoms with van der Waals surface area (Å²) in [6.07, 6.45) is -0.764. The third-order valence-corrected chi connectivity index (χ3v) is 1.48. The highest BCUT2D eigenvalue weighted by Gasteiger charge is 2.25. The first kappa shape index (κ1) is 5.98. The SMILES string of the molecule is NCC1C[N]CC1F. The van der Waals surface area contributed by atoms with E-state index in [1.54, 1.807) is 0 Å². The van der Waals surface area contributed by atoms with E-state index in [9.17, 15) is 4.39 Å². The summed E-state index contributed by atoms with van der Waals surface area (Å²) in [4.78, 5) is 0. The Labute approximate surface area is 48.2 Å². The minimum Gasteiger partial charge on any atom is -0.330 e. The van der Waals surface area contributed by atoms with Crippen molar-refractivity contribution in [3.63, 3.8) is 0 Å². The van der Waals surface area contributed by atoms with Crippen molar-refractivity contribution in [2.24, 2.45) is 11.7 Å². The van der Waals surface area contributed by atoms with Crippen LogP contribution >= 0.6 is 0 Å². The van der Waals surface area contributed by atoms with Crippen molar-refractivity contribution in [3.05, 3.63) is 0 Å². The summed E-state index contributed by atoms with van der Waals surface area (Å²) in [6.45, 7) is 1.42. The monoisotopic (exact) mass is 117 g/mol.